The maximum Gasteiger partial charge on any atom is 0.194 e. The number of morpholine rings is 1. The second kappa shape index (κ2) is 5.58. The van der Waals surface area contributed by atoms with Gasteiger partial charge in [0.25, 0.3) is 0 Å². The van der Waals surface area contributed by atoms with Crippen molar-refractivity contribution in [2.24, 2.45) is 0 Å². The van der Waals surface area contributed by atoms with Crippen molar-refractivity contribution in [2.75, 3.05) is 33.3 Å². The summed E-state index contributed by atoms with van der Waals surface area (Å²) in [6.07, 6.45) is 2.38. The molecule has 1 fully saturated rings. The number of likely N-dealkylation sites (N-methyl/N-ethyl adjacent to an activating group) is 1. The Labute approximate surface area is 117 Å². The maximum atomic E-state index is 5.75. The molecule has 0 aromatic carbocycles. The summed E-state index contributed by atoms with van der Waals surface area (Å²) in [5, 5.41) is 5.57. The first-order valence-electron chi connectivity index (χ1n) is 6.66. The third-order valence-corrected chi connectivity index (χ3v) is 4.32. The molecule has 5 nitrogen and oxygen atoms in total. The van der Waals surface area contributed by atoms with Gasteiger partial charge in [-0.15, -0.1) is 11.3 Å². The molecule has 1 unspecified atom stereocenters. The summed E-state index contributed by atoms with van der Waals surface area (Å²) in [5.74, 6) is 0. The number of imidazole rings is 1. The van der Waals surface area contributed by atoms with Crippen molar-refractivity contribution >= 4 is 16.3 Å². The minimum absolute atomic E-state index is 0.296. The third kappa shape index (κ3) is 2.81. The van der Waals surface area contributed by atoms with E-state index in [2.05, 4.69) is 45.1 Å². The fourth-order valence-corrected chi connectivity index (χ4v) is 3.27. The molecule has 1 aliphatic heterocycles. The van der Waals surface area contributed by atoms with E-state index in [4.69, 9.17) is 4.74 Å². The van der Waals surface area contributed by atoms with E-state index in [0.29, 0.717) is 6.10 Å². The number of nitrogens with zero attached hydrogens (tertiary/aromatic N) is 3. The summed E-state index contributed by atoms with van der Waals surface area (Å²) in [4.78, 5) is 7.94. The zero-order valence-corrected chi connectivity index (χ0v) is 12.2. The number of thiazole rings is 1. The molecule has 0 radical (unpaired) electrons. The number of rotatable bonds is 4. The van der Waals surface area contributed by atoms with E-state index in [1.807, 2.05) is 0 Å². The maximum absolute atomic E-state index is 5.75. The average molecular weight is 280 g/mol. The lowest BCUT2D eigenvalue weighted by Gasteiger charge is -2.30. The number of aromatic nitrogens is 2. The lowest BCUT2D eigenvalue weighted by molar-refractivity contribution is -0.0182. The van der Waals surface area contributed by atoms with Crippen molar-refractivity contribution in [2.45, 2.75) is 19.6 Å². The molecule has 2 aromatic heterocycles. The van der Waals surface area contributed by atoms with Gasteiger partial charge in [0.2, 0.25) is 0 Å². The van der Waals surface area contributed by atoms with E-state index in [1.54, 1.807) is 11.3 Å². The van der Waals surface area contributed by atoms with Crippen LogP contribution in [0.2, 0.25) is 0 Å². The van der Waals surface area contributed by atoms with Gasteiger partial charge in [0.05, 0.1) is 24.1 Å². The molecular weight excluding hydrogens is 260 g/mol. The predicted molar refractivity (Wildman–Crippen MR) is 76.7 cm³/mol. The summed E-state index contributed by atoms with van der Waals surface area (Å²) in [5.41, 5.74) is 2.36. The van der Waals surface area contributed by atoms with E-state index in [9.17, 15) is 0 Å². The van der Waals surface area contributed by atoms with Crippen LogP contribution in [0.15, 0.2) is 11.6 Å². The molecule has 1 N–H and O–H groups in total. The Kier molecular flexibility index (Phi) is 3.83. The van der Waals surface area contributed by atoms with Crippen LogP contribution in [0.25, 0.3) is 4.96 Å². The summed E-state index contributed by atoms with van der Waals surface area (Å²) >= 11 is 1.68. The molecule has 2 aromatic rings. The lowest BCUT2D eigenvalue weighted by atomic mass is 10.2. The highest BCUT2D eigenvalue weighted by molar-refractivity contribution is 7.15. The first-order valence-corrected chi connectivity index (χ1v) is 7.54. The number of hydrogen-bond acceptors (Lipinski definition) is 5. The molecule has 6 heteroatoms. The molecule has 1 atom stereocenters. The lowest BCUT2D eigenvalue weighted by Crippen LogP contribution is -2.44. The van der Waals surface area contributed by atoms with Crippen LogP contribution in [0, 0.1) is 6.92 Å². The van der Waals surface area contributed by atoms with Gasteiger partial charge in [-0.05, 0) is 14.0 Å². The molecule has 19 heavy (non-hydrogen) atoms. The Morgan fingerprint density at radius 3 is 3.32 bits per heavy atom. The fourth-order valence-electron chi connectivity index (χ4n) is 2.50. The highest BCUT2D eigenvalue weighted by Gasteiger charge is 2.17. The van der Waals surface area contributed by atoms with E-state index < -0.39 is 0 Å². The van der Waals surface area contributed by atoms with Crippen LogP contribution in [-0.4, -0.2) is 53.7 Å². The van der Waals surface area contributed by atoms with Gasteiger partial charge >= 0.3 is 0 Å². The van der Waals surface area contributed by atoms with E-state index in [-0.39, 0.29) is 0 Å². The van der Waals surface area contributed by atoms with Crippen LogP contribution in [0.5, 0.6) is 0 Å². The molecule has 1 aliphatic rings. The SMILES string of the molecule is Cc1nc2sccn2c1CNCC1CN(C)CCO1. The molecule has 104 valence electrons. The quantitative estimate of drug-likeness (QED) is 0.911. The number of ether oxygens (including phenoxy) is 1. The van der Waals surface area contributed by atoms with Crippen LogP contribution in [0.1, 0.15) is 11.4 Å². The third-order valence-electron chi connectivity index (χ3n) is 3.57. The Balaban J connectivity index is 1.57. The van der Waals surface area contributed by atoms with Gasteiger partial charge < -0.3 is 15.0 Å². The summed E-state index contributed by atoms with van der Waals surface area (Å²) in [6.45, 7) is 6.68. The predicted octanol–water partition coefficient (Wildman–Crippen LogP) is 1.12. The monoisotopic (exact) mass is 280 g/mol. The van der Waals surface area contributed by atoms with E-state index >= 15 is 0 Å². The van der Waals surface area contributed by atoms with Gasteiger partial charge in [-0.3, -0.25) is 4.40 Å². The van der Waals surface area contributed by atoms with Crippen molar-refractivity contribution in [3.05, 3.63) is 23.0 Å². The Morgan fingerprint density at radius 2 is 2.47 bits per heavy atom. The molecule has 1 saturated heterocycles. The number of aryl methyl sites for hydroxylation is 1. The van der Waals surface area contributed by atoms with Crippen LogP contribution in [0.4, 0.5) is 0 Å². The zero-order chi connectivity index (χ0) is 13.2. The van der Waals surface area contributed by atoms with Gasteiger partial charge in [0.1, 0.15) is 0 Å². The van der Waals surface area contributed by atoms with Crippen LogP contribution < -0.4 is 5.32 Å². The number of fused-ring (bicyclic) bond motifs is 1. The topological polar surface area (TPSA) is 41.8 Å². The van der Waals surface area contributed by atoms with Crippen molar-refractivity contribution < 1.29 is 4.74 Å². The second-order valence-electron chi connectivity index (χ2n) is 5.09. The van der Waals surface area contributed by atoms with Crippen molar-refractivity contribution in [3.63, 3.8) is 0 Å². The fraction of sp³-hybridized carbons (Fsp3) is 0.615. The first kappa shape index (κ1) is 13.1. The molecule has 0 aliphatic carbocycles. The van der Waals surface area contributed by atoms with Crippen molar-refractivity contribution in [1.82, 2.24) is 19.6 Å². The van der Waals surface area contributed by atoms with E-state index in [1.165, 1.54) is 5.69 Å². The summed E-state index contributed by atoms with van der Waals surface area (Å²) in [7, 11) is 2.14. The van der Waals surface area contributed by atoms with Crippen molar-refractivity contribution in [1.29, 1.82) is 0 Å². The highest BCUT2D eigenvalue weighted by Crippen LogP contribution is 2.16. The van der Waals surface area contributed by atoms with Crippen LogP contribution in [0.3, 0.4) is 0 Å². The Hall–Kier alpha value is -0.950. The van der Waals surface area contributed by atoms with Crippen LogP contribution in [-0.2, 0) is 11.3 Å². The summed E-state index contributed by atoms with van der Waals surface area (Å²) < 4.78 is 7.91. The largest absolute Gasteiger partial charge is 0.374 e. The zero-order valence-electron chi connectivity index (χ0n) is 11.4. The number of hydrogen-bond donors (Lipinski definition) is 1. The minimum Gasteiger partial charge on any atom is -0.374 e. The Bertz CT molecular complexity index is 550. The van der Waals surface area contributed by atoms with Crippen LogP contribution >= 0.6 is 11.3 Å². The molecular formula is C13H20N4OS. The molecule has 3 heterocycles. The average Bonchev–Trinajstić information content (AvgIpc) is 2.92. The first-order chi connectivity index (χ1) is 9.24. The molecule has 0 amide bonds. The smallest absolute Gasteiger partial charge is 0.194 e. The molecule has 0 spiro atoms. The highest BCUT2D eigenvalue weighted by atomic mass is 32.1. The van der Waals surface area contributed by atoms with E-state index in [0.717, 1.165) is 43.4 Å². The standard InChI is InChI=1S/C13H20N4OS/c1-10-12(17-4-6-19-13(17)15-10)8-14-7-11-9-16(2)3-5-18-11/h4,6,11,14H,3,5,7-9H2,1-2H3. The minimum atomic E-state index is 0.296. The molecule has 3 rings (SSSR count). The second-order valence-corrected chi connectivity index (χ2v) is 5.96. The van der Waals surface area contributed by atoms with Gasteiger partial charge in [0, 0.05) is 37.8 Å². The summed E-state index contributed by atoms with van der Waals surface area (Å²) in [6, 6.07) is 0. The normalized spacial score (nSPS) is 21.3. The van der Waals surface area contributed by atoms with Gasteiger partial charge in [-0.25, -0.2) is 4.98 Å². The van der Waals surface area contributed by atoms with Gasteiger partial charge in [-0.2, -0.15) is 0 Å². The Morgan fingerprint density at radius 1 is 1.58 bits per heavy atom. The molecule has 0 bridgehead atoms. The van der Waals surface area contributed by atoms with Crippen molar-refractivity contribution in [3.8, 4) is 0 Å². The van der Waals surface area contributed by atoms with Gasteiger partial charge in [0.15, 0.2) is 4.96 Å². The number of nitrogens with one attached hydrogen (secondary N) is 1. The molecule has 0 saturated carbocycles. The van der Waals surface area contributed by atoms with Gasteiger partial charge in [-0.1, -0.05) is 0 Å².